The molecule has 1 amide bonds. The van der Waals surface area contributed by atoms with E-state index in [1.807, 2.05) is 24.3 Å². The van der Waals surface area contributed by atoms with E-state index in [9.17, 15) is 9.18 Å². The lowest BCUT2D eigenvalue weighted by atomic mass is 9.97. The Balaban J connectivity index is 2.02. The first-order chi connectivity index (χ1) is 9.66. The highest BCUT2D eigenvalue weighted by atomic mass is 19.1. The second-order valence-electron chi connectivity index (χ2n) is 4.99. The van der Waals surface area contributed by atoms with Crippen molar-refractivity contribution in [2.24, 2.45) is 5.73 Å². The van der Waals surface area contributed by atoms with Crippen LogP contribution < -0.4 is 10.6 Å². The molecule has 0 saturated heterocycles. The summed E-state index contributed by atoms with van der Waals surface area (Å²) in [5.41, 5.74) is 7.93. The quantitative estimate of drug-likeness (QED) is 0.864. The molecule has 0 spiro atoms. The molecule has 4 heteroatoms. The number of anilines is 1. The Bertz CT molecular complexity index is 656. The van der Waals surface area contributed by atoms with Crippen LogP contribution in [0.15, 0.2) is 48.5 Å². The van der Waals surface area contributed by atoms with E-state index < -0.39 is 5.82 Å². The predicted octanol–water partition coefficient (Wildman–Crippen LogP) is 2.36. The summed E-state index contributed by atoms with van der Waals surface area (Å²) in [6.07, 6.45) is 0.733. The molecule has 2 aromatic carbocycles. The SMILES string of the molecule is NC1Cc2ccccc2N(C(=O)c2ccccc2F)C1. The average Bonchev–Trinajstić information content (AvgIpc) is 2.46. The first kappa shape index (κ1) is 12.8. The normalized spacial score (nSPS) is 17.7. The number of rotatable bonds is 1. The van der Waals surface area contributed by atoms with E-state index in [-0.39, 0.29) is 17.5 Å². The van der Waals surface area contributed by atoms with Crippen LogP contribution in [0.25, 0.3) is 0 Å². The van der Waals surface area contributed by atoms with Crippen LogP contribution in [0.4, 0.5) is 10.1 Å². The van der Waals surface area contributed by atoms with Crippen molar-refractivity contribution in [3.05, 3.63) is 65.5 Å². The zero-order valence-electron chi connectivity index (χ0n) is 10.9. The number of nitrogens with zero attached hydrogens (tertiary/aromatic N) is 1. The number of para-hydroxylation sites is 1. The van der Waals surface area contributed by atoms with Gasteiger partial charge in [-0.1, -0.05) is 30.3 Å². The van der Waals surface area contributed by atoms with Crippen molar-refractivity contribution in [1.29, 1.82) is 0 Å². The molecule has 3 nitrogen and oxygen atoms in total. The van der Waals surface area contributed by atoms with Crippen molar-refractivity contribution in [1.82, 2.24) is 0 Å². The molecule has 0 aromatic heterocycles. The molecule has 0 fully saturated rings. The molecule has 0 saturated carbocycles. The van der Waals surface area contributed by atoms with E-state index in [0.29, 0.717) is 6.54 Å². The van der Waals surface area contributed by atoms with E-state index in [0.717, 1.165) is 17.7 Å². The van der Waals surface area contributed by atoms with Crippen LogP contribution in [0.3, 0.4) is 0 Å². The number of hydrogen-bond donors (Lipinski definition) is 1. The lowest BCUT2D eigenvalue weighted by Gasteiger charge is -2.33. The second kappa shape index (κ2) is 5.06. The van der Waals surface area contributed by atoms with Crippen LogP contribution in [0.5, 0.6) is 0 Å². The highest BCUT2D eigenvalue weighted by Gasteiger charge is 2.28. The van der Waals surface area contributed by atoms with Crippen LogP contribution in [0.1, 0.15) is 15.9 Å². The van der Waals surface area contributed by atoms with Gasteiger partial charge in [-0.3, -0.25) is 4.79 Å². The lowest BCUT2D eigenvalue weighted by molar-refractivity contribution is 0.0979. The molecule has 2 aromatic rings. The molecule has 2 N–H and O–H groups in total. The molecule has 1 unspecified atom stereocenters. The van der Waals surface area contributed by atoms with E-state index >= 15 is 0 Å². The van der Waals surface area contributed by atoms with Gasteiger partial charge in [0.15, 0.2) is 0 Å². The molecule has 1 atom stereocenters. The number of nitrogens with two attached hydrogens (primary N) is 1. The van der Waals surface area contributed by atoms with Crippen LogP contribution in [0, 0.1) is 5.82 Å². The van der Waals surface area contributed by atoms with E-state index in [1.54, 1.807) is 17.0 Å². The smallest absolute Gasteiger partial charge is 0.261 e. The fourth-order valence-corrected chi connectivity index (χ4v) is 2.60. The summed E-state index contributed by atoms with van der Waals surface area (Å²) < 4.78 is 13.8. The fraction of sp³-hybridized carbons (Fsp3) is 0.188. The van der Waals surface area contributed by atoms with Gasteiger partial charge in [0.25, 0.3) is 5.91 Å². The van der Waals surface area contributed by atoms with Crippen molar-refractivity contribution >= 4 is 11.6 Å². The molecule has 102 valence electrons. The standard InChI is InChI=1S/C16H15FN2O/c17-14-7-3-2-6-13(14)16(20)19-10-12(18)9-11-5-1-4-8-15(11)19/h1-8,12H,9-10,18H2. The highest BCUT2D eigenvalue weighted by molar-refractivity contribution is 6.07. The van der Waals surface area contributed by atoms with Crippen molar-refractivity contribution < 1.29 is 9.18 Å². The maximum absolute atomic E-state index is 13.8. The topological polar surface area (TPSA) is 46.3 Å². The van der Waals surface area contributed by atoms with Crippen LogP contribution >= 0.6 is 0 Å². The molecule has 20 heavy (non-hydrogen) atoms. The predicted molar refractivity (Wildman–Crippen MR) is 76.2 cm³/mol. The lowest BCUT2D eigenvalue weighted by Crippen LogP contribution is -2.46. The molecule has 3 rings (SSSR count). The number of carbonyl (C=O) groups is 1. The molecule has 0 bridgehead atoms. The molecule has 1 aliphatic heterocycles. The maximum Gasteiger partial charge on any atom is 0.261 e. The summed E-state index contributed by atoms with van der Waals surface area (Å²) in [5.74, 6) is -0.847. The van der Waals surface area contributed by atoms with Gasteiger partial charge in [0.05, 0.1) is 5.56 Å². The number of amides is 1. The Morgan fingerprint density at radius 2 is 1.85 bits per heavy atom. The van der Waals surface area contributed by atoms with Crippen molar-refractivity contribution in [3.63, 3.8) is 0 Å². The van der Waals surface area contributed by atoms with E-state index in [2.05, 4.69) is 0 Å². The highest BCUT2D eigenvalue weighted by Crippen LogP contribution is 2.28. The third kappa shape index (κ3) is 2.18. The van der Waals surface area contributed by atoms with Crippen LogP contribution in [-0.2, 0) is 6.42 Å². The Labute approximate surface area is 116 Å². The van der Waals surface area contributed by atoms with Gasteiger partial charge < -0.3 is 10.6 Å². The first-order valence-electron chi connectivity index (χ1n) is 6.56. The Hall–Kier alpha value is -2.20. The molecule has 1 heterocycles. The Morgan fingerprint density at radius 1 is 1.15 bits per heavy atom. The van der Waals surface area contributed by atoms with Gasteiger partial charge in [0.2, 0.25) is 0 Å². The van der Waals surface area contributed by atoms with Crippen LogP contribution in [-0.4, -0.2) is 18.5 Å². The van der Waals surface area contributed by atoms with Crippen LogP contribution in [0.2, 0.25) is 0 Å². The molecular formula is C16H15FN2O. The maximum atomic E-state index is 13.8. The van der Waals surface area contributed by atoms with Gasteiger partial charge in [-0.2, -0.15) is 0 Å². The minimum Gasteiger partial charge on any atom is -0.326 e. The summed E-state index contributed by atoms with van der Waals surface area (Å²) in [5, 5.41) is 0. The number of halogens is 1. The monoisotopic (exact) mass is 270 g/mol. The Kier molecular flexibility index (Phi) is 3.24. The molecular weight excluding hydrogens is 255 g/mol. The third-order valence-corrected chi connectivity index (χ3v) is 3.53. The summed E-state index contributed by atoms with van der Waals surface area (Å²) in [7, 11) is 0. The largest absolute Gasteiger partial charge is 0.326 e. The van der Waals surface area contributed by atoms with Gasteiger partial charge in [-0.25, -0.2) is 4.39 Å². The molecule has 0 radical (unpaired) electrons. The summed E-state index contributed by atoms with van der Waals surface area (Å²) in [4.78, 5) is 14.1. The number of fused-ring (bicyclic) bond motifs is 1. The Morgan fingerprint density at radius 3 is 2.65 bits per heavy atom. The van der Waals surface area contributed by atoms with Crippen molar-refractivity contribution in [2.75, 3.05) is 11.4 Å². The van der Waals surface area contributed by atoms with Gasteiger partial charge in [0.1, 0.15) is 5.82 Å². The average molecular weight is 270 g/mol. The fourth-order valence-electron chi connectivity index (χ4n) is 2.60. The molecule has 0 aliphatic carbocycles. The first-order valence-corrected chi connectivity index (χ1v) is 6.56. The third-order valence-electron chi connectivity index (χ3n) is 3.53. The number of benzene rings is 2. The summed E-state index contributed by atoms with van der Waals surface area (Å²) in [6.45, 7) is 0.407. The van der Waals surface area contributed by atoms with Gasteiger partial charge in [0, 0.05) is 18.3 Å². The summed E-state index contributed by atoms with van der Waals surface area (Å²) >= 11 is 0. The minimum absolute atomic E-state index is 0.0800. The minimum atomic E-state index is -0.505. The van der Waals surface area contributed by atoms with Crippen molar-refractivity contribution in [3.8, 4) is 0 Å². The molecule has 1 aliphatic rings. The van der Waals surface area contributed by atoms with Gasteiger partial charge in [-0.15, -0.1) is 0 Å². The van der Waals surface area contributed by atoms with Crippen molar-refractivity contribution in [2.45, 2.75) is 12.5 Å². The summed E-state index contributed by atoms with van der Waals surface area (Å²) in [6, 6.07) is 13.5. The van der Waals surface area contributed by atoms with Gasteiger partial charge in [-0.05, 0) is 30.2 Å². The number of carbonyl (C=O) groups excluding carboxylic acids is 1. The number of hydrogen-bond acceptors (Lipinski definition) is 2. The van der Waals surface area contributed by atoms with E-state index in [1.165, 1.54) is 12.1 Å². The van der Waals surface area contributed by atoms with E-state index in [4.69, 9.17) is 5.73 Å². The second-order valence-corrected chi connectivity index (χ2v) is 4.99. The zero-order valence-corrected chi connectivity index (χ0v) is 10.9. The zero-order chi connectivity index (χ0) is 14.1. The van der Waals surface area contributed by atoms with Gasteiger partial charge >= 0.3 is 0 Å².